The van der Waals surface area contributed by atoms with E-state index in [0.717, 1.165) is 15.6 Å². The molecule has 0 aliphatic carbocycles. The highest BCUT2D eigenvalue weighted by molar-refractivity contribution is 7.22. The fourth-order valence-electron chi connectivity index (χ4n) is 2.11. The summed E-state index contributed by atoms with van der Waals surface area (Å²) >= 11 is 1.26. The maximum Gasteiger partial charge on any atom is 0.282 e. The smallest absolute Gasteiger partial charge is 0.282 e. The summed E-state index contributed by atoms with van der Waals surface area (Å²) in [5.74, 6) is 1.31. The number of pyridine rings is 1. The Hall–Kier alpha value is -2.41. The van der Waals surface area contributed by atoms with Gasteiger partial charge in [0.1, 0.15) is 0 Å². The van der Waals surface area contributed by atoms with E-state index >= 15 is 0 Å². The van der Waals surface area contributed by atoms with E-state index in [9.17, 15) is 4.79 Å². The molecular weight excluding hydrogens is 266 g/mol. The molecule has 0 saturated heterocycles. The fourth-order valence-corrected chi connectivity index (χ4v) is 2.97. The first-order valence-electron chi connectivity index (χ1n) is 5.51. The number of nitrogens with zero attached hydrogens (tertiary/aromatic N) is 2. The van der Waals surface area contributed by atoms with Crippen molar-refractivity contribution in [1.82, 2.24) is 9.97 Å². The number of hydrogen-bond acceptors (Lipinski definition) is 7. The minimum atomic E-state index is -0.363. The van der Waals surface area contributed by atoms with Crippen LogP contribution in [0, 0.1) is 0 Å². The standard InChI is InChI=1S/C12H7N3O3S/c13-12-15-11(16)6-3-14-7-2-9-8(17-4-18-9)1-5(7)10(6)19-12/h1-3H,4H2,(H2,13,15,16). The number of nitrogens with two attached hydrogens (primary N) is 1. The molecule has 0 amide bonds. The van der Waals surface area contributed by atoms with Crippen molar-refractivity contribution in [3.63, 3.8) is 0 Å². The Labute approximate surface area is 110 Å². The van der Waals surface area contributed by atoms with Crippen molar-refractivity contribution in [2.75, 3.05) is 12.5 Å². The second-order valence-corrected chi connectivity index (χ2v) is 5.11. The third kappa shape index (κ3) is 1.45. The van der Waals surface area contributed by atoms with E-state index in [1.165, 1.54) is 17.5 Å². The van der Waals surface area contributed by atoms with E-state index in [4.69, 9.17) is 15.2 Å². The third-order valence-corrected chi connectivity index (χ3v) is 3.91. The lowest BCUT2D eigenvalue weighted by molar-refractivity contribution is 0.174. The molecule has 1 aromatic carbocycles. The fraction of sp³-hybridized carbons (Fsp3) is 0.0833. The van der Waals surface area contributed by atoms with Gasteiger partial charge >= 0.3 is 0 Å². The van der Waals surface area contributed by atoms with Crippen molar-refractivity contribution in [1.29, 1.82) is 0 Å². The van der Waals surface area contributed by atoms with E-state index in [1.807, 2.05) is 6.07 Å². The molecule has 2 aromatic heterocycles. The molecule has 0 saturated carbocycles. The molecule has 0 unspecified atom stereocenters. The molecule has 7 heteroatoms. The summed E-state index contributed by atoms with van der Waals surface area (Å²) in [5.41, 5.74) is 6.03. The lowest BCUT2D eigenvalue weighted by Gasteiger charge is -2.03. The molecule has 4 rings (SSSR count). The predicted octanol–water partition coefficient (Wildman–Crippen LogP) is 1.52. The molecule has 0 atom stereocenters. The van der Waals surface area contributed by atoms with Crippen LogP contribution in [0.25, 0.3) is 21.0 Å². The number of rotatable bonds is 0. The number of aromatic nitrogens is 2. The molecule has 0 bridgehead atoms. The molecule has 1 aliphatic rings. The van der Waals surface area contributed by atoms with E-state index in [0.29, 0.717) is 16.9 Å². The van der Waals surface area contributed by atoms with Crippen molar-refractivity contribution in [3.05, 3.63) is 28.7 Å². The largest absolute Gasteiger partial charge is 0.454 e. The molecule has 0 radical (unpaired) electrons. The summed E-state index contributed by atoms with van der Waals surface area (Å²) in [7, 11) is 0. The van der Waals surface area contributed by atoms with Crippen LogP contribution in [0.5, 0.6) is 11.5 Å². The van der Waals surface area contributed by atoms with Gasteiger partial charge in [0.25, 0.3) is 5.56 Å². The number of fused-ring (bicyclic) bond motifs is 4. The zero-order chi connectivity index (χ0) is 13.0. The predicted molar refractivity (Wildman–Crippen MR) is 71.7 cm³/mol. The lowest BCUT2D eigenvalue weighted by Crippen LogP contribution is -2.07. The maximum atomic E-state index is 11.8. The summed E-state index contributed by atoms with van der Waals surface area (Å²) < 4.78 is 11.4. The molecule has 0 fully saturated rings. The second kappa shape index (κ2) is 3.55. The Balaban J connectivity index is 2.22. The van der Waals surface area contributed by atoms with Gasteiger partial charge < -0.3 is 15.2 Å². The van der Waals surface area contributed by atoms with Gasteiger partial charge in [-0.1, -0.05) is 11.3 Å². The molecule has 3 aromatic rings. The highest BCUT2D eigenvalue weighted by Crippen LogP contribution is 2.38. The third-order valence-electron chi connectivity index (χ3n) is 2.96. The first kappa shape index (κ1) is 10.5. The van der Waals surface area contributed by atoms with Crippen molar-refractivity contribution in [3.8, 4) is 11.5 Å². The van der Waals surface area contributed by atoms with Crippen molar-refractivity contribution in [2.45, 2.75) is 0 Å². The number of nitrogen functional groups attached to an aromatic ring is 1. The van der Waals surface area contributed by atoms with Crippen LogP contribution in [0.2, 0.25) is 0 Å². The average molecular weight is 273 g/mol. The van der Waals surface area contributed by atoms with Crippen LogP contribution in [0.3, 0.4) is 0 Å². The van der Waals surface area contributed by atoms with Crippen LogP contribution in [0.1, 0.15) is 0 Å². The second-order valence-electron chi connectivity index (χ2n) is 4.08. The van der Waals surface area contributed by atoms with Crippen LogP contribution < -0.4 is 20.8 Å². The topological polar surface area (TPSA) is 87.3 Å². The zero-order valence-corrected chi connectivity index (χ0v) is 10.4. The van der Waals surface area contributed by atoms with Crippen molar-refractivity contribution < 1.29 is 9.47 Å². The van der Waals surface area contributed by atoms with E-state index < -0.39 is 0 Å². The zero-order valence-electron chi connectivity index (χ0n) is 9.54. The van der Waals surface area contributed by atoms with Crippen molar-refractivity contribution >= 4 is 37.5 Å². The summed E-state index contributed by atoms with van der Waals surface area (Å²) in [6.45, 7) is 0.198. The van der Waals surface area contributed by atoms with Gasteiger partial charge in [0.2, 0.25) is 6.79 Å². The van der Waals surface area contributed by atoms with E-state index in [2.05, 4.69) is 9.97 Å². The van der Waals surface area contributed by atoms with Crippen LogP contribution in [-0.4, -0.2) is 16.8 Å². The minimum Gasteiger partial charge on any atom is -0.454 e. The monoisotopic (exact) mass is 273 g/mol. The van der Waals surface area contributed by atoms with Gasteiger partial charge in [-0.3, -0.25) is 9.78 Å². The van der Waals surface area contributed by atoms with Crippen LogP contribution in [0.4, 0.5) is 5.13 Å². The number of benzene rings is 1. The summed E-state index contributed by atoms with van der Waals surface area (Å²) in [4.78, 5) is 19.8. The van der Waals surface area contributed by atoms with Crippen LogP contribution in [0.15, 0.2) is 23.1 Å². The summed E-state index contributed by atoms with van der Waals surface area (Å²) in [5, 5.41) is 1.52. The van der Waals surface area contributed by atoms with Crippen LogP contribution >= 0.6 is 11.3 Å². The van der Waals surface area contributed by atoms with Gasteiger partial charge in [-0.15, -0.1) is 0 Å². The molecule has 1 aliphatic heterocycles. The number of anilines is 1. The average Bonchev–Trinajstić information content (AvgIpc) is 2.83. The first-order valence-corrected chi connectivity index (χ1v) is 6.33. The Morgan fingerprint density at radius 1 is 1.21 bits per heavy atom. The minimum absolute atomic E-state index is 0.198. The Kier molecular flexibility index (Phi) is 1.96. The van der Waals surface area contributed by atoms with Gasteiger partial charge in [0.15, 0.2) is 16.6 Å². The number of ether oxygens (including phenoxy) is 2. The normalized spacial score (nSPS) is 13.3. The van der Waals surface area contributed by atoms with Gasteiger partial charge in [-0.05, 0) is 6.07 Å². The lowest BCUT2D eigenvalue weighted by atomic mass is 10.1. The van der Waals surface area contributed by atoms with Gasteiger partial charge in [0, 0.05) is 17.6 Å². The molecular formula is C12H7N3O3S. The Bertz CT molecular complexity index is 891. The van der Waals surface area contributed by atoms with Gasteiger partial charge in [-0.25, -0.2) is 0 Å². The Morgan fingerprint density at radius 3 is 2.84 bits per heavy atom. The summed E-state index contributed by atoms with van der Waals surface area (Å²) in [6, 6.07) is 3.62. The molecule has 3 heterocycles. The highest BCUT2D eigenvalue weighted by atomic mass is 32.1. The first-order chi connectivity index (χ1) is 9.22. The SMILES string of the molecule is Nc1nc(=O)c2cnc3cc4c(cc3c2s1)OCO4. The van der Waals surface area contributed by atoms with E-state index in [1.54, 1.807) is 6.07 Å². The molecule has 19 heavy (non-hydrogen) atoms. The maximum absolute atomic E-state index is 11.8. The van der Waals surface area contributed by atoms with Gasteiger partial charge in [0.05, 0.1) is 15.6 Å². The molecule has 94 valence electrons. The molecule has 2 N–H and O–H groups in total. The van der Waals surface area contributed by atoms with Crippen LogP contribution in [-0.2, 0) is 0 Å². The molecule has 6 nitrogen and oxygen atoms in total. The van der Waals surface area contributed by atoms with Gasteiger partial charge in [-0.2, -0.15) is 4.98 Å². The van der Waals surface area contributed by atoms with Crippen molar-refractivity contribution in [2.24, 2.45) is 0 Å². The quantitative estimate of drug-likeness (QED) is 0.625. The summed E-state index contributed by atoms with van der Waals surface area (Å²) in [6.07, 6.45) is 1.52. The van der Waals surface area contributed by atoms with E-state index in [-0.39, 0.29) is 17.5 Å². The highest BCUT2D eigenvalue weighted by Gasteiger charge is 2.17. The molecule has 0 spiro atoms. The Morgan fingerprint density at radius 2 is 2.00 bits per heavy atom. The number of hydrogen-bond donors (Lipinski definition) is 1.